The van der Waals surface area contributed by atoms with E-state index in [0.29, 0.717) is 6.54 Å². The summed E-state index contributed by atoms with van der Waals surface area (Å²) < 4.78 is 4.22. The fourth-order valence-electron chi connectivity index (χ4n) is 2.78. The number of aliphatic hydroxyl groups is 1. The van der Waals surface area contributed by atoms with Gasteiger partial charge in [0.1, 0.15) is 11.0 Å². The van der Waals surface area contributed by atoms with Crippen molar-refractivity contribution in [3.8, 4) is 0 Å². The van der Waals surface area contributed by atoms with Gasteiger partial charge in [-0.05, 0) is 17.5 Å². The number of nitrogens with one attached hydrogen (secondary N) is 1. The zero-order valence-electron chi connectivity index (χ0n) is 15.1. The summed E-state index contributed by atoms with van der Waals surface area (Å²) in [5.74, 6) is 0.725. The second kappa shape index (κ2) is 6.89. The fraction of sp³-hybridized carbons (Fsp3) is 0.611. The number of nitrogen functional groups attached to an aromatic ring is 1. The van der Waals surface area contributed by atoms with E-state index in [4.69, 9.17) is 5.73 Å². The maximum absolute atomic E-state index is 10.5. The minimum absolute atomic E-state index is 0.170. The lowest BCUT2D eigenvalue weighted by atomic mass is 9.89. The summed E-state index contributed by atoms with van der Waals surface area (Å²) in [6.07, 6.45) is 0.632. The topological polar surface area (TPSA) is 59.5 Å². The molecule has 0 aliphatic carbocycles. The Balaban J connectivity index is 2.35. The highest BCUT2D eigenvalue weighted by Crippen LogP contribution is 2.22. The lowest BCUT2D eigenvalue weighted by Gasteiger charge is -2.24. The molecular weight excluding hydrogens is 288 g/mol. The number of aromatic nitrogens is 2. The first-order chi connectivity index (χ1) is 10.7. The van der Waals surface area contributed by atoms with Crippen LogP contribution in [-0.2, 0) is 13.1 Å². The van der Waals surface area contributed by atoms with Crippen molar-refractivity contribution in [2.24, 2.45) is 5.41 Å². The summed E-state index contributed by atoms with van der Waals surface area (Å²) in [6.45, 7) is 8.67. The summed E-state index contributed by atoms with van der Waals surface area (Å²) >= 11 is 0. The van der Waals surface area contributed by atoms with Crippen LogP contribution < -0.4 is 15.2 Å². The summed E-state index contributed by atoms with van der Waals surface area (Å²) in [5, 5.41) is 10.5. The fourth-order valence-corrected chi connectivity index (χ4v) is 2.78. The van der Waals surface area contributed by atoms with E-state index in [1.807, 2.05) is 37.5 Å². The molecule has 0 spiro atoms. The zero-order valence-corrected chi connectivity index (χ0v) is 15.1. The van der Waals surface area contributed by atoms with E-state index < -0.39 is 6.10 Å². The number of benzene rings is 1. The molecule has 128 valence electrons. The first kappa shape index (κ1) is 17.8. The number of anilines is 1. The number of nitrogens with two attached hydrogens (primary N) is 1. The number of hydrogen-bond donors (Lipinski definition) is 3. The van der Waals surface area contributed by atoms with E-state index in [0.717, 1.165) is 36.5 Å². The van der Waals surface area contributed by atoms with E-state index in [1.54, 1.807) is 0 Å². The van der Waals surface area contributed by atoms with Gasteiger partial charge in [0.25, 0.3) is 0 Å². The van der Waals surface area contributed by atoms with Gasteiger partial charge in [-0.15, -0.1) is 0 Å². The number of fused-ring (bicyclic) bond motifs is 1. The van der Waals surface area contributed by atoms with Gasteiger partial charge in [0.15, 0.2) is 0 Å². The molecule has 1 unspecified atom stereocenters. The van der Waals surface area contributed by atoms with E-state index in [2.05, 4.69) is 30.8 Å². The van der Waals surface area contributed by atoms with Crippen LogP contribution in [0.25, 0.3) is 11.0 Å². The van der Waals surface area contributed by atoms with Crippen molar-refractivity contribution in [2.45, 2.75) is 46.4 Å². The second-order valence-corrected chi connectivity index (χ2v) is 7.80. The van der Waals surface area contributed by atoms with Gasteiger partial charge in [-0.3, -0.25) is 5.73 Å². The van der Waals surface area contributed by atoms with Crippen LogP contribution in [-0.4, -0.2) is 36.4 Å². The highest BCUT2D eigenvalue weighted by atomic mass is 16.3. The van der Waals surface area contributed by atoms with Gasteiger partial charge in [-0.2, -0.15) is 0 Å². The first-order valence-electron chi connectivity index (χ1n) is 8.45. The van der Waals surface area contributed by atoms with Gasteiger partial charge < -0.3 is 10.0 Å². The molecule has 0 amide bonds. The molecule has 4 N–H and O–H groups in total. The average molecular weight is 320 g/mol. The Morgan fingerprint density at radius 1 is 1.26 bits per heavy atom. The van der Waals surface area contributed by atoms with Crippen LogP contribution in [0, 0.1) is 5.41 Å². The maximum atomic E-state index is 10.5. The highest BCUT2D eigenvalue weighted by molar-refractivity contribution is 5.73. The van der Waals surface area contributed by atoms with Crippen molar-refractivity contribution in [2.75, 3.05) is 26.4 Å². The van der Waals surface area contributed by atoms with Gasteiger partial charge in [0.05, 0.1) is 39.8 Å². The van der Waals surface area contributed by atoms with E-state index in [-0.39, 0.29) is 5.41 Å². The smallest absolute Gasteiger partial charge is 0.356 e. The molecule has 2 rings (SSSR count). The number of rotatable bonds is 6. The third kappa shape index (κ3) is 4.03. The Morgan fingerprint density at radius 3 is 2.52 bits per heavy atom. The minimum Gasteiger partial charge on any atom is -0.389 e. The van der Waals surface area contributed by atoms with Gasteiger partial charge in [0.2, 0.25) is 0 Å². The Bertz CT molecular complexity index is 655. The van der Waals surface area contributed by atoms with Crippen LogP contribution in [0.5, 0.6) is 0 Å². The van der Waals surface area contributed by atoms with Crippen molar-refractivity contribution >= 4 is 17.0 Å². The molecular formula is C18H32N4O+2. The molecule has 0 saturated carbocycles. The standard InChI is InChI=1S/C18H30N4O/c1-18(2,3)16(23)13-22-15-10-7-6-9-14(15)21(17(22)19)12-8-11-20(4)5/h6-7,9-10,16,19,23H,8,11-13H2,1-5H3/p+2. The van der Waals surface area contributed by atoms with E-state index >= 15 is 0 Å². The molecule has 0 aliphatic rings. The van der Waals surface area contributed by atoms with Crippen molar-refractivity contribution < 1.29 is 14.6 Å². The zero-order chi connectivity index (χ0) is 17.2. The highest BCUT2D eigenvalue weighted by Gasteiger charge is 2.28. The first-order valence-corrected chi connectivity index (χ1v) is 8.45. The molecule has 0 fully saturated rings. The number of para-hydroxylation sites is 2. The van der Waals surface area contributed by atoms with E-state index in [1.165, 1.54) is 4.90 Å². The molecule has 23 heavy (non-hydrogen) atoms. The third-order valence-electron chi connectivity index (χ3n) is 4.43. The summed E-state index contributed by atoms with van der Waals surface area (Å²) in [7, 11) is 4.33. The predicted octanol–water partition coefficient (Wildman–Crippen LogP) is 0.453. The summed E-state index contributed by atoms with van der Waals surface area (Å²) in [4.78, 5) is 1.44. The molecule has 0 saturated heterocycles. The number of quaternary nitrogens is 1. The molecule has 2 aromatic rings. The SMILES string of the molecule is C[NH+](C)CCCn1c(N)[n+](CC(O)C(C)(C)C)c2ccccc21. The van der Waals surface area contributed by atoms with E-state index in [9.17, 15) is 5.11 Å². The predicted molar refractivity (Wildman–Crippen MR) is 94.3 cm³/mol. The Labute approximate surface area is 139 Å². The lowest BCUT2D eigenvalue weighted by Crippen LogP contribution is -3.05. The number of aryl methyl sites for hydroxylation is 1. The lowest BCUT2D eigenvalue weighted by molar-refractivity contribution is -0.858. The average Bonchev–Trinajstić information content (AvgIpc) is 2.71. The third-order valence-corrected chi connectivity index (χ3v) is 4.43. The summed E-state index contributed by atoms with van der Waals surface area (Å²) in [6, 6.07) is 8.25. The maximum Gasteiger partial charge on any atom is 0.356 e. The van der Waals surface area contributed by atoms with Gasteiger partial charge in [0, 0.05) is 6.42 Å². The van der Waals surface area contributed by atoms with Crippen LogP contribution >= 0.6 is 0 Å². The van der Waals surface area contributed by atoms with Crippen LogP contribution in [0.15, 0.2) is 24.3 Å². The van der Waals surface area contributed by atoms with Crippen molar-refractivity contribution in [1.29, 1.82) is 0 Å². The van der Waals surface area contributed by atoms with Gasteiger partial charge >= 0.3 is 5.95 Å². The molecule has 0 radical (unpaired) electrons. The Kier molecular flexibility index (Phi) is 5.32. The molecule has 0 aliphatic heterocycles. The normalized spacial score (nSPS) is 13.9. The molecule has 5 nitrogen and oxygen atoms in total. The summed E-state index contributed by atoms with van der Waals surface area (Å²) in [5.41, 5.74) is 8.49. The number of nitrogens with zero attached hydrogens (tertiary/aromatic N) is 2. The largest absolute Gasteiger partial charge is 0.389 e. The molecule has 1 aromatic heterocycles. The van der Waals surface area contributed by atoms with Gasteiger partial charge in [-0.1, -0.05) is 32.9 Å². The van der Waals surface area contributed by atoms with Crippen LogP contribution in [0.3, 0.4) is 0 Å². The van der Waals surface area contributed by atoms with Crippen LogP contribution in [0.4, 0.5) is 5.95 Å². The monoisotopic (exact) mass is 320 g/mol. The molecule has 1 aromatic carbocycles. The second-order valence-electron chi connectivity index (χ2n) is 7.80. The Morgan fingerprint density at radius 2 is 1.91 bits per heavy atom. The Hall–Kier alpha value is -1.59. The van der Waals surface area contributed by atoms with Gasteiger partial charge in [-0.25, -0.2) is 9.13 Å². The molecule has 1 heterocycles. The number of hydrogen-bond acceptors (Lipinski definition) is 2. The van der Waals surface area contributed by atoms with Crippen LogP contribution in [0.1, 0.15) is 27.2 Å². The van der Waals surface area contributed by atoms with Crippen LogP contribution in [0.2, 0.25) is 0 Å². The molecule has 0 bridgehead atoms. The van der Waals surface area contributed by atoms with Crippen molar-refractivity contribution in [1.82, 2.24) is 4.57 Å². The number of aliphatic hydroxyl groups excluding tert-OH is 1. The molecule has 1 atom stereocenters. The number of imidazole rings is 1. The quantitative estimate of drug-likeness (QED) is 0.677. The minimum atomic E-state index is -0.444. The van der Waals surface area contributed by atoms with Crippen molar-refractivity contribution in [3.05, 3.63) is 24.3 Å². The molecule has 5 heteroatoms. The van der Waals surface area contributed by atoms with Crippen molar-refractivity contribution in [3.63, 3.8) is 0 Å².